The molecule has 0 unspecified atom stereocenters. The van der Waals surface area contributed by atoms with Crippen molar-refractivity contribution in [2.45, 2.75) is 49.0 Å². The molecule has 0 spiro atoms. The van der Waals surface area contributed by atoms with Crippen LogP contribution in [0.25, 0.3) is 0 Å². The average Bonchev–Trinajstić information content (AvgIpc) is 2.52. The fourth-order valence-corrected chi connectivity index (χ4v) is 4.37. The molecule has 0 atom stereocenters. The second-order valence-electron chi connectivity index (χ2n) is 6.28. The molecule has 0 aromatic carbocycles. The Morgan fingerprint density at radius 1 is 1.18 bits per heavy atom. The molecule has 2 heterocycles. The monoisotopic (exact) mass is 325 g/mol. The Labute approximate surface area is 131 Å². The Kier molecular flexibility index (Phi) is 4.38. The molecule has 7 heteroatoms. The first kappa shape index (κ1) is 15.7. The maximum Gasteiger partial charge on any atom is 0.244 e. The van der Waals surface area contributed by atoms with Crippen LogP contribution in [0.1, 0.15) is 38.5 Å². The molecule has 2 fully saturated rings. The first-order valence-corrected chi connectivity index (χ1v) is 9.36. The van der Waals surface area contributed by atoms with Crippen molar-refractivity contribution in [3.8, 4) is 0 Å². The Bertz CT molecular complexity index is 605. The van der Waals surface area contributed by atoms with Crippen molar-refractivity contribution in [1.82, 2.24) is 9.29 Å². The molecule has 6 nitrogen and oxygen atoms in total. The van der Waals surface area contributed by atoms with Gasteiger partial charge in [-0.1, -0.05) is 6.42 Å². The molecule has 3 rings (SSSR count). The van der Waals surface area contributed by atoms with Gasteiger partial charge in [0.25, 0.3) is 0 Å². The maximum atomic E-state index is 12.5. The summed E-state index contributed by atoms with van der Waals surface area (Å²) in [7, 11) is -3.42. The highest BCUT2D eigenvalue weighted by Crippen LogP contribution is 2.31. The number of sulfonamides is 1. The normalized spacial score (nSPS) is 22.0. The average molecular weight is 325 g/mol. The molecule has 2 aliphatic rings. The molecule has 1 saturated heterocycles. The molecule has 122 valence electrons. The molecule has 1 aliphatic heterocycles. The summed E-state index contributed by atoms with van der Waals surface area (Å²) >= 11 is 0. The summed E-state index contributed by atoms with van der Waals surface area (Å²) in [4.78, 5) is 4.41. The molecule has 0 bridgehead atoms. The molecule has 1 aromatic heterocycles. The van der Waals surface area contributed by atoms with Crippen LogP contribution in [-0.2, 0) is 10.0 Å². The highest BCUT2D eigenvalue weighted by atomic mass is 32.2. The van der Waals surface area contributed by atoms with Crippen LogP contribution in [0.3, 0.4) is 0 Å². The third kappa shape index (κ3) is 3.26. The lowest BCUT2D eigenvalue weighted by Gasteiger charge is -2.36. The molecule has 1 aliphatic carbocycles. The number of anilines is 1. The van der Waals surface area contributed by atoms with E-state index in [1.807, 2.05) is 0 Å². The van der Waals surface area contributed by atoms with Crippen molar-refractivity contribution >= 4 is 15.8 Å². The van der Waals surface area contributed by atoms with Gasteiger partial charge in [-0.3, -0.25) is 0 Å². The zero-order valence-corrected chi connectivity index (χ0v) is 13.5. The zero-order valence-electron chi connectivity index (χ0n) is 12.7. The first-order chi connectivity index (χ1) is 10.5. The number of pyridine rings is 1. The van der Waals surface area contributed by atoms with E-state index in [0.29, 0.717) is 25.5 Å². The zero-order chi connectivity index (χ0) is 15.6. The lowest BCUT2D eigenvalue weighted by Crippen LogP contribution is -2.43. The van der Waals surface area contributed by atoms with Gasteiger partial charge in [-0.05, 0) is 44.2 Å². The quantitative estimate of drug-likeness (QED) is 0.859. The number of nitrogens with one attached hydrogen (secondary N) is 1. The number of hydrogen-bond acceptors (Lipinski definition) is 5. The number of rotatable bonds is 5. The van der Waals surface area contributed by atoms with Crippen LogP contribution < -0.4 is 5.32 Å². The lowest BCUT2D eigenvalue weighted by molar-refractivity contribution is -0.0202. The van der Waals surface area contributed by atoms with Crippen LogP contribution in [0.5, 0.6) is 0 Å². The van der Waals surface area contributed by atoms with E-state index in [0.717, 1.165) is 38.5 Å². The van der Waals surface area contributed by atoms with Gasteiger partial charge < -0.3 is 10.4 Å². The van der Waals surface area contributed by atoms with Crippen molar-refractivity contribution in [2.24, 2.45) is 0 Å². The standard InChI is InChI=1S/C15H23N3O3S/c19-15(7-4-8-15)12-17-14-6-5-13(11-16-14)22(20,21)18-9-2-1-3-10-18/h5-6,11,19H,1-4,7-10,12H2,(H,16,17). The van der Waals surface area contributed by atoms with E-state index in [9.17, 15) is 13.5 Å². The van der Waals surface area contributed by atoms with Crippen molar-refractivity contribution in [1.29, 1.82) is 0 Å². The molecule has 0 amide bonds. The van der Waals surface area contributed by atoms with Gasteiger partial charge in [0.05, 0.1) is 5.60 Å². The Hall–Kier alpha value is -1.18. The van der Waals surface area contributed by atoms with Crippen LogP contribution in [0.4, 0.5) is 5.82 Å². The number of aliphatic hydroxyl groups is 1. The van der Waals surface area contributed by atoms with Crippen molar-refractivity contribution in [3.63, 3.8) is 0 Å². The SMILES string of the molecule is O=S(=O)(c1ccc(NCC2(O)CCC2)nc1)N1CCCCC1. The van der Waals surface area contributed by atoms with Crippen molar-refractivity contribution < 1.29 is 13.5 Å². The fourth-order valence-electron chi connectivity index (χ4n) is 2.91. The van der Waals surface area contributed by atoms with Crippen LogP contribution in [0.15, 0.2) is 23.2 Å². The third-order valence-electron chi connectivity index (χ3n) is 4.57. The summed E-state index contributed by atoms with van der Waals surface area (Å²) in [6.07, 6.45) is 7.00. The summed E-state index contributed by atoms with van der Waals surface area (Å²) in [5.41, 5.74) is -0.625. The van der Waals surface area contributed by atoms with Gasteiger partial charge in [-0.15, -0.1) is 0 Å². The number of piperidine rings is 1. The van der Waals surface area contributed by atoms with Crippen molar-refractivity contribution in [2.75, 3.05) is 25.0 Å². The minimum atomic E-state index is -3.42. The second kappa shape index (κ2) is 6.14. The smallest absolute Gasteiger partial charge is 0.244 e. The van der Waals surface area contributed by atoms with E-state index in [1.54, 1.807) is 12.1 Å². The molecule has 1 saturated carbocycles. The summed E-state index contributed by atoms with van der Waals surface area (Å²) in [6.45, 7) is 1.64. The van der Waals surface area contributed by atoms with Crippen molar-refractivity contribution in [3.05, 3.63) is 18.3 Å². The van der Waals surface area contributed by atoms with E-state index in [1.165, 1.54) is 10.5 Å². The number of aromatic nitrogens is 1. The Balaban J connectivity index is 1.65. The number of nitrogens with zero attached hydrogens (tertiary/aromatic N) is 2. The largest absolute Gasteiger partial charge is 0.388 e. The highest BCUT2D eigenvalue weighted by Gasteiger charge is 2.34. The predicted molar refractivity (Wildman–Crippen MR) is 84.1 cm³/mol. The van der Waals surface area contributed by atoms with Gasteiger partial charge in [0.1, 0.15) is 10.7 Å². The molecule has 2 N–H and O–H groups in total. The van der Waals surface area contributed by atoms with Crippen LogP contribution in [0, 0.1) is 0 Å². The van der Waals surface area contributed by atoms with Crippen LogP contribution >= 0.6 is 0 Å². The molecule has 0 radical (unpaired) electrons. The molecule has 1 aromatic rings. The van der Waals surface area contributed by atoms with Gasteiger partial charge >= 0.3 is 0 Å². The molecular weight excluding hydrogens is 302 g/mol. The van der Waals surface area contributed by atoms with Crippen LogP contribution in [0.2, 0.25) is 0 Å². The van der Waals surface area contributed by atoms with E-state index < -0.39 is 15.6 Å². The number of hydrogen-bond donors (Lipinski definition) is 2. The third-order valence-corrected chi connectivity index (χ3v) is 6.45. The predicted octanol–water partition coefficient (Wildman–Crippen LogP) is 1.58. The van der Waals surface area contributed by atoms with E-state index >= 15 is 0 Å². The second-order valence-corrected chi connectivity index (χ2v) is 8.21. The van der Waals surface area contributed by atoms with E-state index in [2.05, 4.69) is 10.3 Å². The van der Waals surface area contributed by atoms with Crippen LogP contribution in [-0.4, -0.2) is 48.0 Å². The minimum Gasteiger partial charge on any atom is -0.388 e. The summed E-state index contributed by atoms with van der Waals surface area (Å²) in [6, 6.07) is 3.25. The first-order valence-electron chi connectivity index (χ1n) is 7.92. The van der Waals surface area contributed by atoms with Gasteiger partial charge in [-0.2, -0.15) is 4.31 Å². The summed E-state index contributed by atoms with van der Waals surface area (Å²) in [5.74, 6) is 0.595. The van der Waals surface area contributed by atoms with Gasteiger partial charge in [0.2, 0.25) is 10.0 Å². The van der Waals surface area contributed by atoms with E-state index in [-0.39, 0.29) is 4.90 Å². The van der Waals surface area contributed by atoms with Gasteiger partial charge in [0.15, 0.2) is 0 Å². The van der Waals surface area contributed by atoms with Gasteiger partial charge in [-0.25, -0.2) is 13.4 Å². The summed E-state index contributed by atoms with van der Waals surface area (Å²) < 4.78 is 26.5. The fraction of sp³-hybridized carbons (Fsp3) is 0.667. The topological polar surface area (TPSA) is 82.5 Å². The lowest BCUT2D eigenvalue weighted by atomic mass is 9.80. The minimum absolute atomic E-state index is 0.238. The Morgan fingerprint density at radius 3 is 2.45 bits per heavy atom. The Morgan fingerprint density at radius 2 is 1.91 bits per heavy atom. The van der Waals surface area contributed by atoms with Gasteiger partial charge in [0, 0.05) is 25.8 Å². The molecular formula is C15H23N3O3S. The highest BCUT2D eigenvalue weighted by molar-refractivity contribution is 7.89. The molecule has 22 heavy (non-hydrogen) atoms. The van der Waals surface area contributed by atoms with E-state index in [4.69, 9.17) is 0 Å². The maximum absolute atomic E-state index is 12.5. The summed E-state index contributed by atoms with van der Waals surface area (Å²) in [5, 5.41) is 13.1.